The van der Waals surface area contributed by atoms with Crippen LogP contribution in [0.3, 0.4) is 0 Å². The van der Waals surface area contributed by atoms with E-state index in [-0.39, 0.29) is 0 Å². The summed E-state index contributed by atoms with van der Waals surface area (Å²) in [6, 6.07) is 9.29. The van der Waals surface area contributed by atoms with Crippen LogP contribution in [0.4, 0.5) is 0 Å². The van der Waals surface area contributed by atoms with Crippen molar-refractivity contribution in [3.05, 3.63) is 52.3 Å². The first-order valence-corrected chi connectivity index (χ1v) is 7.44. The van der Waals surface area contributed by atoms with Gasteiger partial charge in [-0.2, -0.15) is 0 Å². The summed E-state index contributed by atoms with van der Waals surface area (Å²) >= 11 is 13.4. The molecule has 1 aromatic heterocycles. The van der Waals surface area contributed by atoms with Gasteiger partial charge in [-0.25, -0.2) is 0 Å². The van der Waals surface area contributed by atoms with Gasteiger partial charge in [-0.3, -0.25) is 4.98 Å². The Labute approximate surface area is 126 Å². The highest BCUT2D eigenvalue weighted by Gasteiger charge is 2.07. The smallest absolute Gasteiger partial charge is 0.0957 e. The second-order valence-electron chi connectivity index (χ2n) is 4.02. The van der Waals surface area contributed by atoms with E-state index < -0.39 is 6.10 Å². The Kier molecular flexibility index (Phi) is 5.11. The predicted molar refractivity (Wildman–Crippen MR) is 80.1 cm³/mol. The normalized spacial score (nSPS) is 12.4. The van der Waals surface area contributed by atoms with Crippen molar-refractivity contribution in [2.45, 2.75) is 29.2 Å². The predicted octanol–water partition coefficient (Wildman–Crippen LogP) is 4.98. The Balaban J connectivity index is 2.12. The topological polar surface area (TPSA) is 33.1 Å². The van der Waals surface area contributed by atoms with Crippen LogP contribution in [0, 0.1) is 0 Å². The van der Waals surface area contributed by atoms with E-state index in [1.807, 2.05) is 31.2 Å². The summed E-state index contributed by atoms with van der Waals surface area (Å²) < 4.78 is 0. The molecule has 0 aliphatic rings. The summed E-state index contributed by atoms with van der Waals surface area (Å²) in [6.07, 6.45) is 1.91. The van der Waals surface area contributed by atoms with Crippen molar-refractivity contribution < 1.29 is 5.11 Å². The van der Waals surface area contributed by atoms with Crippen molar-refractivity contribution in [1.29, 1.82) is 0 Å². The third kappa shape index (κ3) is 3.86. The van der Waals surface area contributed by atoms with E-state index in [1.54, 1.807) is 24.0 Å². The van der Waals surface area contributed by atoms with Gasteiger partial charge in [0.2, 0.25) is 0 Å². The summed E-state index contributed by atoms with van der Waals surface area (Å²) in [7, 11) is 0. The summed E-state index contributed by atoms with van der Waals surface area (Å²) in [6.45, 7) is 1.92. The van der Waals surface area contributed by atoms with Gasteiger partial charge < -0.3 is 5.11 Å². The molecule has 19 heavy (non-hydrogen) atoms. The molecule has 2 aromatic rings. The quantitative estimate of drug-likeness (QED) is 0.863. The number of nitrogens with zero attached hydrogens (tertiary/aromatic N) is 1. The van der Waals surface area contributed by atoms with Gasteiger partial charge >= 0.3 is 0 Å². The molecule has 0 radical (unpaired) electrons. The van der Waals surface area contributed by atoms with Crippen molar-refractivity contribution in [2.24, 2.45) is 0 Å². The van der Waals surface area contributed by atoms with Gasteiger partial charge in [0.05, 0.1) is 21.8 Å². The van der Waals surface area contributed by atoms with Crippen LogP contribution in [0.1, 0.15) is 25.1 Å². The van der Waals surface area contributed by atoms with Gasteiger partial charge in [0.25, 0.3) is 0 Å². The number of halogens is 2. The molecule has 1 atom stereocenters. The van der Waals surface area contributed by atoms with Gasteiger partial charge in [0.15, 0.2) is 0 Å². The first kappa shape index (κ1) is 14.7. The Morgan fingerprint density at radius 1 is 1.16 bits per heavy atom. The Morgan fingerprint density at radius 3 is 2.47 bits per heavy atom. The molecule has 0 aliphatic heterocycles. The number of benzene rings is 1. The zero-order valence-electron chi connectivity index (χ0n) is 10.3. The molecule has 0 unspecified atom stereocenters. The number of aliphatic hydroxyl groups excluding tert-OH is 1. The number of pyridine rings is 1. The Hall–Kier alpha value is -0.740. The SMILES string of the molecule is CC[C@H](O)c1ccc(Sc2ccc(Cl)c(Cl)c2)cn1. The minimum Gasteiger partial charge on any atom is -0.387 e. The van der Waals surface area contributed by atoms with Crippen LogP contribution < -0.4 is 0 Å². The highest BCUT2D eigenvalue weighted by molar-refractivity contribution is 7.99. The van der Waals surface area contributed by atoms with Gasteiger partial charge in [-0.1, -0.05) is 41.9 Å². The van der Waals surface area contributed by atoms with E-state index in [0.29, 0.717) is 22.2 Å². The molecule has 1 heterocycles. The molecule has 1 N–H and O–H groups in total. The van der Waals surface area contributed by atoms with Gasteiger partial charge in [0, 0.05) is 16.0 Å². The fraction of sp³-hybridized carbons (Fsp3) is 0.214. The lowest BCUT2D eigenvalue weighted by Gasteiger charge is -2.08. The average molecular weight is 314 g/mol. The monoisotopic (exact) mass is 313 g/mol. The number of aliphatic hydroxyl groups is 1. The Morgan fingerprint density at radius 2 is 1.89 bits per heavy atom. The minimum absolute atomic E-state index is 0.496. The number of hydrogen-bond acceptors (Lipinski definition) is 3. The second-order valence-corrected chi connectivity index (χ2v) is 5.98. The third-order valence-corrected chi connectivity index (χ3v) is 4.32. The van der Waals surface area contributed by atoms with Crippen LogP contribution in [0.25, 0.3) is 0 Å². The number of hydrogen-bond donors (Lipinski definition) is 1. The molecule has 1 aromatic carbocycles. The van der Waals surface area contributed by atoms with Crippen molar-refractivity contribution >= 4 is 35.0 Å². The van der Waals surface area contributed by atoms with E-state index in [1.165, 1.54) is 0 Å². The van der Waals surface area contributed by atoms with Crippen LogP contribution in [-0.4, -0.2) is 10.1 Å². The van der Waals surface area contributed by atoms with Crippen LogP contribution >= 0.6 is 35.0 Å². The molecule has 2 nitrogen and oxygen atoms in total. The third-order valence-electron chi connectivity index (χ3n) is 2.61. The maximum absolute atomic E-state index is 9.68. The molecular weight excluding hydrogens is 301 g/mol. The van der Waals surface area contributed by atoms with Crippen LogP contribution in [0.5, 0.6) is 0 Å². The highest BCUT2D eigenvalue weighted by Crippen LogP contribution is 2.32. The van der Waals surface area contributed by atoms with Crippen LogP contribution in [0.2, 0.25) is 10.0 Å². The Bertz CT molecular complexity index is 560. The lowest BCUT2D eigenvalue weighted by molar-refractivity contribution is 0.169. The zero-order chi connectivity index (χ0) is 13.8. The average Bonchev–Trinajstić information content (AvgIpc) is 2.43. The fourth-order valence-electron chi connectivity index (χ4n) is 1.53. The fourth-order valence-corrected chi connectivity index (χ4v) is 2.72. The highest BCUT2D eigenvalue weighted by atomic mass is 35.5. The zero-order valence-corrected chi connectivity index (χ0v) is 12.6. The minimum atomic E-state index is -0.496. The molecule has 0 bridgehead atoms. The molecule has 0 spiro atoms. The molecule has 0 saturated heterocycles. The molecule has 100 valence electrons. The van der Waals surface area contributed by atoms with E-state index >= 15 is 0 Å². The van der Waals surface area contributed by atoms with Crippen molar-refractivity contribution in [3.63, 3.8) is 0 Å². The standard InChI is InChI=1S/C14H13Cl2NOS/c1-2-14(18)13-6-4-10(8-17-13)19-9-3-5-11(15)12(16)7-9/h3-8,14,18H,2H2,1H3/t14-/m0/s1. The van der Waals surface area contributed by atoms with Gasteiger partial charge in [-0.05, 0) is 36.8 Å². The molecule has 0 saturated carbocycles. The maximum Gasteiger partial charge on any atom is 0.0957 e. The van der Waals surface area contributed by atoms with E-state index in [0.717, 1.165) is 9.79 Å². The van der Waals surface area contributed by atoms with E-state index in [4.69, 9.17) is 23.2 Å². The summed E-state index contributed by atoms with van der Waals surface area (Å²) in [5.74, 6) is 0. The number of aromatic nitrogens is 1. The number of rotatable bonds is 4. The molecule has 2 rings (SSSR count). The summed E-state index contributed by atoms with van der Waals surface area (Å²) in [5.41, 5.74) is 0.695. The van der Waals surface area contributed by atoms with Crippen molar-refractivity contribution in [3.8, 4) is 0 Å². The lowest BCUT2D eigenvalue weighted by atomic mass is 10.2. The second kappa shape index (κ2) is 6.62. The summed E-state index contributed by atoms with van der Waals surface area (Å²) in [4.78, 5) is 6.25. The first-order chi connectivity index (χ1) is 9.10. The van der Waals surface area contributed by atoms with Gasteiger partial charge in [-0.15, -0.1) is 0 Å². The van der Waals surface area contributed by atoms with Crippen molar-refractivity contribution in [1.82, 2.24) is 4.98 Å². The molecular formula is C14H13Cl2NOS. The van der Waals surface area contributed by atoms with E-state index in [9.17, 15) is 5.11 Å². The van der Waals surface area contributed by atoms with Crippen LogP contribution in [-0.2, 0) is 0 Å². The largest absolute Gasteiger partial charge is 0.387 e. The molecule has 0 aliphatic carbocycles. The first-order valence-electron chi connectivity index (χ1n) is 5.87. The summed E-state index contributed by atoms with van der Waals surface area (Å²) in [5, 5.41) is 10.8. The van der Waals surface area contributed by atoms with E-state index in [2.05, 4.69) is 4.98 Å². The van der Waals surface area contributed by atoms with Gasteiger partial charge in [0.1, 0.15) is 0 Å². The molecule has 5 heteroatoms. The maximum atomic E-state index is 9.68. The van der Waals surface area contributed by atoms with Crippen molar-refractivity contribution in [2.75, 3.05) is 0 Å². The van der Waals surface area contributed by atoms with Crippen LogP contribution in [0.15, 0.2) is 46.3 Å². The molecule has 0 fully saturated rings. The lowest BCUT2D eigenvalue weighted by Crippen LogP contribution is -1.97. The molecule has 0 amide bonds.